The number of aromatic nitrogens is 1. The molecular weight excluding hydrogens is 330 g/mol. The Morgan fingerprint density at radius 3 is 2.86 bits per heavy atom. The van der Waals surface area contributed by atoms with Gasteiger partial charge in [0.05, 0.1) is 6.54 Å². The number of hydrogen-bond donors (Lipinski definition) is 1. The van der Waals surface area contributed by atoms with Crippen molar-refractivity contribution < 1.29 is 4.42 Å². The lowest BCUT2D eigenvalue weighted by molar-refractivity contribution is 0.285. The number of anilines is 1. The molecule has 5 heteroatoms. The van der Waals surface area contributed by atoms with Crippen LogP contribution in [0.3, 0.4) is 0 Å². The maximum absolute atomic E-state index is 5.75. The third-order valence-corrected chi connectivity index (χ3v) is 3.70. The second-order valence-corrected chi connectivity index (χ2v) is 6.05. The molecule has 0 unspecified atom stereocenters. The van der Waals surface area contributed by atoms with Crippen LogP contribution in [0.5, 0.6) is 0 Å². The molecule has 1 heterocycles. The molecule has 2 N–H and O–H groups in total. The van der Waals surface area contributed by atoms with Crippen LogP contribution in [0.25, 0.3) is 11.1 Å². The highest BCUT2D eigenvalue weighted by molar-refractivity contribution is 9.10. The standard InChI is InChI=1S/C16H16BrN3O/c1-20(9-11-3-2-4-12(17)7-11)10-16-19-14-8-13(18)5-6-15(14)21-16/h2-8H,9-10,18H2,1H3. The van der Waals surface area contributed by atoms with E-state index in [0.29, 0.717) is 18.1 Å². The van der Waals surface area contributed by atoms with E-state index in [1.807, 2.05) is 37.4 Å². The molecule has 0 amide bonds. The van der Waals surface area contributed by atoms with E-state index in [-0.39, 0.29) is 0 Å². The fourth-order valence-electron chi connectivity index (χ4n) is 2.29. The van der Waals surface area contributed by atoms with E-state index in [4.69, 9.17) is 10.2 Å². The number of oxazole rings is 1. The predicted molar refractivity (Wildman–Crippen MR) is 87.7 cm³/mol. The van der Waals surface area contributed by atoms with E-state index < -0.39 is 0 Å². The Labute approximate surface area is 131 Å². The summed E-state index contributed by atoms with van der Waals surface area (Å²) >= 11 is 3.49. The summed E-state index contributed by atoms with van der Waals surface area (Å²) in [4.78, 5) is 6.64. The number of nitrogens with zero attached hydrogens (tertiary/aromatic N) is 2. The van der Waals surface area contributed by atoms with Gasteiger partial charge in [0.1, 0.15) is 5.52 Å². The zero-order chi connectivity index (χ0) is 14.8. The summed E-state index contributed by atoms with van der Waals surface area (Å²) in [5.74, 6) is 0.702. The lowest BCUT2D eigenvalue weighted by atomic mass is 10.2. The van der Waals surface area contributed by atoms with Gasteiger partial charge in [-0.2, -0.15) is 0 Å². The first kappa shape index (κ1) is 14.1. The molecule has 0 spiro atoms. The highest BCUT2D eigenvalue weighted by Gasteiger charge is 2.09. The second-order valence-electron chi connectivity index (χ2n) is 5.14. The van der Waals surface area contributed by atoms with Crippen LogP contribution in [0.2, 0.25) is 0 Å². The number of nitrogen functional groups attached to an aromatic ring is 1. The first-order valence-electron chi connectivity index (χ1n) is 6.68. The maximum Gasteiger partial charge on any atom is 0.209 e. The first-order chi connectivity index (χ1) is 10.1. The Kier molecular flexibility index (Phi) is 3.94. The number of rotatable bonds is 4. The van der Waals surface area contributed by atoms with Crippen molar-refractivity contribution in [1.29, 1.82) is 0 Å². The third kappa shape index (κ3) is 3.43. The van der Waals surface area contributed by atoms with Crippen molar-refractivity contribution in [1.82, 2.24) is 9.88 Å². The largest absolute Gasteiger partial charge is 0.439 e. The molecule has 0 saturated heterocycles. The third-order valence-electron chi connectivity index (χ3n) is 3.20. The van der Waals surface area contributed by atoms with Gasteiger partial charge in [0.2, 0.25) is 5.89 Å². The zero-order valence-corrected chi connectivity index (χ0v) is 13.3. The summed E-state index contributed by atoms with van der Waals surface area (Å²) in [6.07, 6.45) is 0. The van der Waals surface area contributed by atoms with E-state index in [1.165, 1.54) is 5.56 Å². The van der Waals surface area contributed by atoms with E-state index in [1.54, 1.807) is 0 Å². The number of benzene rings is 2. The van der Waals surface area contributed by atoms with Gasteiger partial charge in [-0.15, -0.1) is 0 Å². The Hall–Kier alpha value is -1.85. The number of halogens is 1. The smallest absolute Gasteiger partial charge is 0.209 e. The summed E-state index contributed by atoms with van der Waals surface area (Å²) < 4.78 is 6.83. The van der Waals surface area contributed by atoms with Crippen molar-refractivity contribution in [2.24, 2.45) is 0 Å². The second kappa shape index (κ2) is 5.87. The van der Waals surface area contributed by atoms with Gasteiger partial charge in [-0.3, -0.25) is 4.90 Å². The molecule has 108 valence electrons. The van der Waals surface area contributed by atoms with Crippen molar-refractivity contribution in [3.8, 4) is 0 Å². The molecule has 0 aliphatic carbocycles. The fraction of sp³-hybridized carbons (Fsp3) is 0.188. The Morgan fingerprint density at radius 2 is 2.05 bits per heavy atom. The summed E-state index contributed by atoms with van der Waals surface area (Å²) in [6.45, 7) is 1.49. The minimum absolute atomic E-state index is 0.654. The molecule has 0 fully saturated rings. The highest BCUT2D eigenvalue weighted by atomic mass is 79.9. The summed E-state index contributed by atoms with van der Waals surface area (Å²) in [5, 5.41) is 0. The average molecular weight is 346 g/mol. The highest BCUT2D eigenvalue weighted by Crippen LogP contribution is 2.19. The monoisotopic (exact) mass is 345 g/mol. The Morgan fingerprint density at radius 1 is 1.19 bits per heavy atom. The van der Waals surface area contributed by atoms with Crippen LogP contribution in [-0.4, -0.2) is 16.9 Å². The number of fused-ring (bicyclic) bond motifs is 1. The van der Waals surface area contributed by atoms with Crippen LogP contribution in [0.1, 0.15) is 11.5 Å². The molecule has 4 nitrogen and oxygen atoms in total. The number of nitrogens with two attached hydrogens (primary N) is 1. The first-order valence-corrected chi connectivity index (χ1v) is 7.47. The SMILES string of the molecule is CN(Cc1cccc(Br)c1)Cc1nc2cc(N)ccc2o1. The minimum atomic E-state index is 0.654. The lowest BCUT2D eigenvalue weighted by Crippen LogP contribution is -2.17. The van der Waals surface area contributed by atoms with E-state index in [2.05, 4.69) is 37.9 Å². The predicted octanol–water partition coefficient (Wildman–Crippen LogP) is 3.80. The van der Waals surface area contributed by atoms with Gasteiger partial charge in [-0.05, 0) is 42.9 Å². The zero-order valence-electron chi connectivity index (χ0n) is 11.7. The van der Waals surface area contributed by atoms with Crippen molar-refractivity contribution in [3.05, 3.63) is 58.4 Å². The normalized spacial score (nSPS) is 11.4. The van der Waals surface area contributed by atoms with Crippen molar-refractivity contribution in [2.75, 3.05) is 12.8 Å². The topological polar surface area (TPSA) is 55.3 Å². The van der Waals surface area contributed by atoms with Gasteiger partial charge in [0.25, 0.3) is 0 Å². The molecule has 3 aromatic rings. The molecule has 21 heavy (non-hydrogen) atoms. The van der Waals surface area contributed by atoms with Gasteiger partial charge >= 0.3 is 0 Å². The maximum atomic E-state index is 5.75. The average Bonchev–Trinajstić information content (AvgIpc) is 2.79. The van der Waals surface area contributed by atoms with Crippen molar-refractivity contribution in [3.63, 3.8) is 0 Å². The molecule has 0 aliphatic rings. The molecule has 0 atom stereocenters. The van der Waals surface area contributed by atoms with Crippen molar-refractivity contribution >= 4 is 32.7 Å². The van der Waals surface area contributed by atoms with E-state index >= 15 is 0 Å². The van der Waals surface area contributed by atoms with Gasteiger partial charge in [-0.25, -0.2) is 4.98 Å². The molecular formula is C16H16BrN3O. The van der Waals surface area contributed by atoms with E-state index in [9.17, 15) is 0 Å². The van der Waals surface area contributed by atoms with Crippen LogP contribution in [0.4, 0.5) is 5.69 Å². The van der Waals surface area contributed by atoms with Gasteiger partial charge in [-0.1, -0.05) is 28.1 Å². The summed E-state index contributed by atoms with van der Waals surface area (Å²) in [6, 6.07) is 13.8. The molecule has 0 radical (unpaired) electrons. The van der Waals surface area contributed by atoms with Crippen LogP contribution < -0.4 is 5.73 Å². The molecule has 1 aromatic heterocycles. The van der Waals surface area contributed by atoms with Crippen LogP contribution in [0, 0.1) is 0 Å². The van der Waals surface area contributed by atoms with Crippen LogP contribution in [-0.2, 0) is 13.1 Å². The summed E-state index contributed by atoms with van der Waals surface area (Å²) in [5.41, 5.74) is 9.28. The van der Waals surface area contributed by atoms with Gasteiger partial charge in [0, 0.05) is 16.7 Å². The quantitative estimate of drug-likeness (QED) is 0.730. The summed E-state index contributed by atoms with van der Waals surface area (Å²) in [7, 11) is 2.05. The number of hydrogen-bond acceptors (Lipinski definition) is 4. The van der Waals surface area contributed by atoms with E-state index in [0.717, 1.165) is 22.1 Å². The van der Waals surface area contributed by atoms with Gasteiger partial charge < -0.3 is 10.2 Å². The minimum Gasteiger partial charge on any atom is -0.439 e. The fourth-order valence-corrected chi connectivity index (χ4v) is 2.74. The Bertz CT molecular complexity index is 769. The molecule has 0 aliphatic heterocycles. The lowest BCUT2D eigenvalue weighted by Gasteiger charge is -2.14. The molecule has 0 bridgehead atoms. The molecule has 2 aromatic carbocycles. The molecule has 3 rings (SSSR count). The molecule has 0 saturated carbocycles. The van der Waals surface area contributed by atoms with Gasteiger partial charge in [0.15, 0.2) is 5.58 Å². The van der Waals surface area contributed by atoms with Crippen LogP contribution >= 0.6 is 15.9 Å². The Balaban J connectivity index is 1.72. The van der Waals surface area contributed by atoms with Crippen LogP contribution in [0.15, 0.2) is 51.4 Å². The van der Waals surface area contributed by atoms with Crippen molar-refractivity contribution in [2.45, 2.75) is 13.1 Å².